The number of rotatable bonds is 1. The van der Waals surface area contributed by atoms with E-state index in [-0.39, 0.29) is 10.8 Å². The number of anilines is 1. The minimum absolute atomic E-state index is 0.178. The van der Waals surface area contributed by atoms with Crippen molar-refractivity contribution in [3.05, 3.63) is 59.7 Å². The summed E-state index contributed by atoms with van der Waals surface area (Å²) in [6, 6.07) is 11.9. The van der Waals surface area contributed by atoms with Crippen LogP contribution in [-0.2, 0) is 14.9 Å². The molecule has 2 N–H and O–H groups in total. The van der Waals surface area contributed by atoms with Crippen molar-refractivity contribution >= 4 is 33.5 Å². The lowest BCUT2D eigenvalue weighted by molar-refractivity contribution is -0.483. The first-order valence-electron chi connectivity index (χ1n) is 7.79. The summed E-state index contributed by atoms with van der Waals surface area (Å²) in [5.74, 6) is 0.199. The molecule has 0 radical (unpaired) electrons. The number of carbonyl (C=O) groups is 1. The molecular weight excluding hydrogens is 340 g/mol. The molecule has 7 heteroatoms. The summed E-state index contributed by atoms with van der Waals surface area (Å²) in [5, 5.41) is 1.74. The molecule has 0 fully saturated rings. The molecule has 0 saturated carbocycles. The van der Waals surface area contributed by atoms with Crippen LogP contribution in [-0.4, -0.2) is 32.0 Å². The van der Waals surface area contributed by atoms with Crippen molar-refractivity contribution in [2.45, 2.75) is 11.8 Å². The fourth-order valence-electron chi connectivity index (χ4n) is 2.85. The smallest absolute Gasteiger partial charge is 0.334 e. The molecule has 0 saturated heterocycles. The van der Waals surface area contributed by atoms with Crippen LogP contribution in [0.1, 0.15) is 11.1 Å². The number of hydrogen-bond acceptors (Lipinski definition) is 5. The second-order valence-corrected chi connectivity index (χ2v) is 7.33. The number of aryl methyl sites for hydroxylation is 1. The Morgan fingerprint density at radius 2 is 1.84 bits per heavy atom. The average Bonchev–Trinajstić information content (AvgIpc) is 2.55. The topological polar surface area (TPSA) is 94.1 Å². The molecule has 6 nitrogen and oxygen atoms in total. The number of nitrogens with two attached hydrogens (primary N) is 1. The first kappa shape index (κ1) is 17.3. The second-order valence-electron chi connectivity index (χ2n) is 5.95. The molecule has 4 rings (SSSR count). The van der Waals surface area contributed by atoms with Gasteiger partial charge in [0.2, 0.25) is 0 Å². The summed E-state index contributed by atoms with van der Waals surface area (Å²) >= 11 is 0. The molecule has 130 valence electrons. The van der Waals surface area contributed by atoms with Crippen molar-refractivity contribution in [1.82, 2.24) is 0 Å². The van der Waals surface area contributed by atoms with Crippen molar-refractivity contribution < 1.29 is 23.1 Å². The standard InChI is InChI=1S/C11H10N2O.C7H8O3S/c14-10-7-13-6-2-4-8-3-1-5-9(12-10)11(8)13;1-6-2-4-7(5-3-6)11(8,9)10/h1-5H,6-7H2,(H,12,14);2-5H,1H3,(H,8,9,10). The zero-order valence-electron chi connectivity index (χ0n) is 13.7. The molecule has 2 aromatic carbocycles. The summed E-state index contributed by atoms with van der Waals surface area (Å²) < 4.78 is 31.2. The van der Waals surface area contributed by atoms with E-state index < -0.39 is 10.1 Å². The third kappa shape index (κ3) is 3.96. The highest BCUT2D eigenvalue weighted by Crippen LogP contribution is 2.32. The first-order valence-corrected chi connectivity index (χ1v) is 9.20. The zero-order valence-corrected chi connectivity index (χ0v) is 14.5. The Balaban J connectivity index is 0.000000151. The third-order valence-corrected chi connectivity index (χ3v) is 4.86. The van der Waals surface area contributed by atoms with Gasteiger partial charge in [-0.05, 0) is 19.1 Å². The van der Waals surface area contributed by atoms with E-state index >= 15 is 0 Å². The van der Waals surface area contributed by atoms with E-state index in [0.29, 0.717) is 6.54 Å². The highest BCUT2D eigenvalue weighted by molar-refractivity contribution is 7.85. The minimum Gasteiger partial charge on any atom is -0.744 e. The number of nitrogens with zero attached hydrogens (tertiary/aromatic N) is 1. The maximum atomic E-state index is 11.4. The van der Waals surface area contributed by atoms with Gasteiger partial charge in [-0.2, -0.15) is 0 Å². The van der Waals surface area contributed by atoms with Crippen LogP contribution in [0, 0.1) is 6.92 Å². The zero-order chi connectivity index (χ0) is 18.0. The van der Waals surface area contributed by atoms with Gasteiger partial charge in [-0.15, -0.1) is 0 Å². The van der Waals surface area contributed by atoms with Gasteiger partial charge in [0.1, 0.15) is 22.4 Å². The van der Waals surface area contributed by atoms with Crippen LogP contribution in [0.25, 0.3) is 6.08 Å². The van der Waals surface area contributed by atoms with Gasteiger partial charge in [0.05, 0.1) is 4.90 Å². The highest BCUT2D eigenvalue weighted by atomic mass is 32.2. The van der Waals surface area contributed by atoms with Gasteiger partial charge in [0.15, 0.2) is 5.69 Å². The minimum atomic E-state index is -4.27. The average molecular weight is 358 g/mol. The maximum absolute atomic E-state index is 11.4. The Hall–Kier alpha value is -2.48. The maximum Gasteiger partial charge on any atom is 0.334 e. The van der Waals surface area contributed by atoms with Gasteiger partial charge in [-0.25, -0.2) is 18.5 Å². The fraction of sp³-hybridized carbons (Fsp3) is 0.167. The Labute approximate surface area is 146 Å². The molecule has 2 heterocycles. The van der Waals surface area contributed by atoms with E-state index in [4.69, 9.17) is 0 Å². The second kappa shape index (κ2) is 6.79. The monoisotopic (exact) mass is 358 g/mol. The summed E-state index contributed by atoms with van der Waals surface area (Å²) in [4.78, 5) is 13.4. The Kier molecular flexibility index (Phi) is 4.71. The summed E-state index contributed by atoms with van der Waals surface area (Å²) in [6.07, 6.45) is 4.23. The molecule has 25 heavy (non-hydrogen) atoms. The lowest BCUT2D eigenvalue weighted by Gasteiger charge is -2.30. The number of carbonyl (C=O) groups excluding carboxylic acids is 1. The van der Waals surface area contributed by atoms with Crippen molar-refractivity contribution in [3.63, 3.8) is 0 Å². The number of para-hydroxylation sites is 1. The Morgan fingerprint density at radius 1 is 1.12 bits per heavy atom. The van der Waals surface area contributed by atoms with E-state index in [0.717, 1.165) is 17.8 Å². The van der Waals surface area contributed by atoms with Crippen LogP contribution in [0.4, 0.5) is 11.4 Å². The summed E-state index contributed by atoms with van der Waals surface area (Å²) in [6.45, 7) is 3.19. The predicted molar refractivity (Wildman–Crippen MR) is 93.4 cm³/mol. The van der Waals surface area contributed by atoms with Crippen LogP contribution < -0.4 is 10.2 Å². The van der Waals surface area contributed by atoms with Crippen molar-refractivity contribution in [2.75, 3.05) is 18.0 Å². The Morgan fingerprint density at radius 3 is 2.52 bits per heavy atom. The SMILES string of the molecule is Cc1ccc(S(=O)(=O)[O-])cc1.O=C1CN2CC=Cc3cccc(c32)[NH2+]1. The van der Waals surface area contributed by atoms with Gasteiger partial charge < -0.3 is 9.45 Å². The van der Waals surface area contributed by atoms with Crippen LogP contribution in [0.3, 0.4) is 0 Å². The normalized spacial score (nSPS) is 15.3. The number of quaternary nitrogens is 1. The largest absolute Gasteiger partial charge is 0.744 e. The molecule has 0 aliphatic carbocycles. The van der Waals surface area contributed by atoms with Crippen LogP contribution in [0.15, 0.2) is 53.4 Å². The number of primary amides is 1. The quantitative estimate of drug-likeness (QED) is 0.610. The van der Waals surface area contributed by atoms with E-state index in [9.17, 15) is 17.8 Å². The van der Waals surface area contributed by atoms with Crippen molar-refractivity contribution in [1.29, 1.82) is 0 Å². The molecule has 2 aliphatic heterocycles. The Bertz CT molecular complexity index is 934. The molecule has 0 spiro atoms. The van der Waals surface area contributed by atoms with Gasteiger partial charge in [-0.1, -0.05) is 42.0 Å². The number of amides is 1. The number of benzene rings is 2. The van der Waals surface area contributed by atoms with Gasteiger partial charge in [0, 0.05) is 18.2 Å². The van der Waals surface area contributed by atoms with Crippen LogP contribution >= 0.6 is 0 Å². The van der Waals surface area contributed by atoms with Gasteiger partial charge in [0.25, 0.3) is 0 Å². The fourth-order valence-corrected chi connectivity index (χ4v) is 3.32. The highest BCUT2D eigenvalue weighted by Gasteiger charge is 2.28. The molecular formula is C18H18N2O4S. The molecule has 0 aromatic heterocycles. The van der Waals surface area contributed by atoms with Gasteiger partial charge in [-0.3, -0.25) is 0 Å². The predicted octanol–water partition coefficient (Wildman–Crippen LogP) is 1.15. The molecule has 0 atom stereocenters. The molecule has 2 aliphatic rings. The summed E-state index contributed by atoms with van der Waals surface area (Å²) in [5.41, 5.74) is 4.42. The molecule has 0 unspecified atom stereocenters. The lowest BCUT2D eigenvalue weighted by Crippen LogP contribution is -2.86. The lowest BCUT2D eigenvalue weighted by atomic mass is 10.0. The van der Waals surface area contributed by atoms with Crippen molar-refractivity contribution in [3.8, 4) is 0 Å². The van der Waals surface area contributed by atoms with E-state index in [2.05, 4.69) is 23.1 Å². The van der Waals surface area contributed by atoms with E-state index in [1.54, 1.807) is 17.4 Å². The first-order chi connectivity index (χ1) is 11.8. The number of hydrogen-bond donors (Lipinski definition) is 1. The van der Waals surface area contributed by atoms with Gasteiger partial charge >= 0.3 is 5.91 Å². The molecule has 1 amide bonds. The van der Waals surface area contributed by atoms with Crippen LogP contribution in [0.2, 0.25) is 0 Å². The van der Waals surface area contributed by atoms with Crippen molar-refractivity contribution in [2.24, 2.45) is 0 Å². The van der Waals surface area contributed by atoms with Crippen LogP contribution in [0.5, 0.6) is 0 Å². The third-order valence-electron chi connectivity index (χ3n) is 4.01. The van der Waals surface area contributed by atoms with E-state index in [1.807, 2.05) is 19.1 Å². The molecule has 2 aromatic rings. The van der Waals surface area contributed by atoms with E-state index in [1.165, 1.54) is 23.4 Å². The summed E-state index contributed by atoms with van der Waals surface area (Å²) in [7, 11) is -4.27. The molecule has 0 bridgehead atoms.